The Morgan fingerprint density at radius 2 is 1.88 bits per heavy atom. The van der Waals surface area contributed by atoms with Crippen molar-refractivity contribution in [1.29, 1.82) is 0 Å². The number of hydrogen-bond acceptors (Lipinski definition) is 5. The van der Waals surface area contributed by atoms with Crippen LogP contribution in [0.1, 0.15) is 98.8 Å². The summed E-state index contributed by atoms with van der Waals surface area (Å²) in [5, 5.41) is 7.61. The fraction of sp³-hybridized carbons (Fsp3) is 0.529. The molecule has 0 aliphatic carbocycles. The molecule has 40 heavy (non-hydrogen) atoms. The molecule has 1 saturated heterocycles. The van der Waals surface area contributed by atoms with E-state index in [1.807, 2.05) is 45.5 Å². The molecule has 1 aromatic heterocycles. The lowest BCUT2D eigenvalue weighted by molar-refractivity contribution is 0.0700. The van der Waals surface area contributed by atoms with Crippen LogP contribution in [0.4, 0.5) is 0 Å². The lowest BCUT2D eigenvalue weighted by atomic mass is 10.0. The Morgan fingerprint density at radius 3 is 2.45 bits per heavy atom. The van der Waals surface area contributed by atoms with Gasteiger partial charge in [-0.1, -0.05) is 76.6 Å². The molecular formula is C34H54N4OS. The molecule has 6 heteroatoms. The number of hydrogen-bond donors (Lipinski definition) is 2. The van der Waals surface area contributed by atoms with Crippen LogP contribution in [0.25, 0.3) is 11.3 Å². The number of nitrogens with one attached hydrogen (secondary N) is 1. The Kier molecular flexibility index (Phi) is 18.0. The average molecular weight is 567 g/mol. The first-order chi connectivity index (χ1) is 19.3. The highest BCUT2D eigenvalue weighted by molar-refractivity contribution is 7.98. The van der Waals surface area contributed by atoms with E-state index in [2.05, 4.69) is 86.2 Å². The van der Waals surface area contributed by atoms with E-state index >= 15 is 0 Å². The molecule has 3 N–H and O–H groups in total. The normalized spacial score (nSPS) is 18.1. The van der Waals surface area contributed by atoms with Crippen LogP contribution in [0.5, 0.6) is 0 Å². The Hall–Kier alpha value is -2.57. The van der Waals surface area contributed by atoms with E-state index in [4.69, 9.17) is 10.5 Å². The molecular weight excluding hydrogens is 512 g/mol. The molecule has 1 aliphatic rings. The van der Waals surface area contributed by atoms with Gasteiger partial charge >= 0.3 is 0 Å². The Balaban J connectivity index is 0.000000386. The maximum absolute atomic E-state index is 6.18. The Morgan fingerprint density at radius 1 is 1.18 bits per heavy atom. The number of unbranched alkanes of at least 4 members (excludes halogenated alkanes) is 1. The molecule has 2 heterocycles. The number of benzene rings is 1. The van der Waals surface area contributed by atoms with Gasteiger partial charge in [0.2, 0.25) is 0 Å². The minimum Gasteiger partial charge on any atom is -0.398 e. The summed E-state index contributed by atoms with van der Waals surface area (Å²) < 4.78 is 5.88. The number of aromatic amines is 1. The van der Waals surface area contributed by atoms with Gasteiger partial charge < -0.3 is 10.5 Å². The van der Waals surface area contributed by atoms with Gasteiger partial charge in [-0.2, -0.15) is 16.9 Å². The Labute approximate surface area is 248 Å². The molecule has 1 aromatic carbocycles. The standard InChI is InChI=1S/C17H22N2OS.C15H26N2.C2H6/c1-12-8-9-15(20-12)10-21-11-16-13(2)18-19-17(16)14-6-4-3-5-7-14;1-6-9-10-11-14(13(5)17-8-3)15(16)12(4)7-2;1-2/h3-7,12,15H,8-11H2,1-2H3,(H,18,19);8,10-11H,6-7,9,16H2,1-5H3;1-2H3/b;11-10-,14-13-,15-12-,17-8?;. The molecule has 0 amide bonds. The van der Waals surface area contributed by atoms with Crippen molar-refractivity contribution >= 4 is 18.0 Å². The summed E-state index contributed by atoms with van der Waals surface area (Å²) in [4.78, 5) is 4.33. The summed E-state index contributed by atoms with van der Waals surface area (Å²) in [6, 6.07) is 10.4. The highest BCUT2D eigenvalue weighted by Gasteiger charge is 2.22. The van der Waals surface area contributed by atoms with Crippen LogP contribution in [0.3, 0.4) is 0 Å². The van der Waals surface area contributed by atoms with Crippen molar-refractivity contribution in [2.45, 2.75) is 112 Å². The van der Waals surface area contributed by atoms with E-state index in [1.54, 1.807) is 6.21 Å². The van der Waals surface area contributed by atoms with Gasteiger partial charge in [0.15, 0.2) is 0 Å². The van der Waals surface area contributed by atoms with Crippen molar-refractivity contribution in [2.75, 3.05) is 5.75 Å². The van der Waals surface area contributed by atoms with Crippen LogP contribution in [0.15, 0.2) is 70.0 Å². The van der Waals surface area contributed by atoms with E-state index in [0.29, 0.717) is 12.2 Å². The van der Waals surface area contributed by atoms with Gasteiger partial charge in [0.1, 0.15) is 0 Å². The van der Waals surface area contributed by atoms with E-state index < -0.39 is 0 Å². The van der Waals surface area contributed by atoms with Crippen LogP contribution in [0.2, 0.25) is 0 Å². The summed E-state index contributed by atoms with van der Waals surface area (Å²) >= 11 is 1.95. The summed E-state index contributed by atoms with van der Waals surface area (Å²) in [6.45, 7) is 18.5. The molecule has 0 bridgehead atoms. The molecule has 222 valence electrons. The molecule has 2 aromatic rings. The number of ether oxygens (including phenoxy) is 1. The molecule has 2 atom stereocenters. The van der Waals surface area contributed by atoms with Gasteiger partial charge in [-0.05, 0) is 65.9 Å². The summed E-state index contributed by atoms with van der Waals surface area (Å²) in [5.41, 5.74) is 15.0. The second-order valence-electron chi connectivity index (χ2n) is 9.83. The SMILES string of the molecule is CC.CC=N/C(C)=C(/C=C\CCC)C(\N)=C(/C)CC.Cc1[nH]nc(-c2ccccc2)c1CSCC1CCC(C)O1. The van der Waals surface area contributed by atoms with Crippen molar-refractivity contribution in [3.05, 3.63) is 76.3 Å². The smallest absolute Gasteiger partial charge is 0.0963 e. The van der Waals surface area contributed by atoms with E-state index in [0.717, 1.165) is 53.4 Å². The molecule has 5 nitrogen and oxygen atoms in total. The number of rotatable bonds is 11. The fourth-order valence-corrected chi connectivity index (χ4v) is 5.40. The van der Waals surface area contributed by atoms with Crippen molar-refractivity contribution < 1.29 is 4.74 Å². The van der Waals surface area contributed by atoms with E-state index in [-0.39, 0.29) is 0 Å². The zero-order chi connectivity index (χ0) is 29.9. The van der Waals surface area contributed by atoms with Crippen molar-refractivity contribution in [2.24, 2.45) is 10.7 Å². The maximum atomic E-state index is 6.18. The quantitative estimate of drug-likeness (QED) is 0.210. The highest BCUT2D eigenvalue weighted by Crippen LogP contribution is 2.29. The number of aromatic nitrogens is 2. The fourth-order valence-electron chi connectivity index (χ4n) is 4.22. The summed E-state index contributed by atoms with van der Waals surface area (Å²) in [7, 11) is 0. The average Bonchev–Trinajstić information content (AvgIpc) is 3.57. The zero-order valence-electron chi connectivity index (χ0n) is 26.5. The highest BCUT2D eigenvalue weighted by atomic mass is 32.2. The number of allylic oxidation sites excluding steroid dienone is 4. The molecule has 1 fully saturated rings. The zero-order valence-corrected chi connectivity index (χ0v) is 27.3. The first kappa shape index (κ1) is 35.5. The van der Waals surface area contributed by atoms with E-state index in [1.165, 1.54) is 35.2 Å². The number of nitrogens with zero attached hydrogens (tertiary/aromatic N) is 2. The molecule has 1 aliphatic heterocycles. The predicted molar refractivity (Wildman–Crippen MR) is 178 cm³/mol. The molecule has 0 spiro atoms. The Bertz CT molecular complexity index is 1100. The van der Waals surface area contributed by atoms with Crippen LogP contribution in [-0.4, -0.2) is 34.4 Å². The third kappa shape index (κ3) is 11.9. The van der Waals surface area contributed by atoms with E-state index in [9.17, 15) is 0 Å². The van der Waals surface area contributed by atoms with Gasteiger partial charge in [0.25, 0.3) is 0 Å². The van der Waals surface area contributed by atoms with Crippen molar-refractivity contribution in [3.8, 4) is 11.3 Å². The molecule has 3 rings (SSSR count). The van der Waals surface area contributed by atoms with Gasteiger partial charge in [-0.15, -0.1) is 0 Å². The third-order valence-corrected chi connectivity index (χ3v) is 7.82. The van der Waals surface area contributed by atoms with Crippen molar-refractivity contribution in [1.82, 2.24) is 10.2 Å². The summed E-state index contributed by atoms with van der Waals surface area (Å²) in [6.07, 6.45) is 12.5. The number of aliphatic imine (C=N–C) groups is 1. The maximum Gasteiger partial charge on any atom is 0.0963 e. The number of H-pyrrole nitrogens is 1. The molecule has 0 radical (unpaired) electrons. The first-order valence-electron chi connectivity index (χ1n) is 15.0. The number of nitrogens with two attached hydrogens (primary N) is 1. The summed E-state index contributed by atoms with van der Waals surface area (Å²) in [5.74, 6) is 2.06. The van der Waals surface area contributed by atoms with Crippen LogP contribution in [0, 0.1) is 6.92 Å². The number of thioether (sulfide) groups is 1. The largest absolute Gasteiger partial charge is 0.398 e. The van der Waals surface area contributed by atoms with Gasteiger partial charge in [0.05, 0.1) is 17.9 Å². The third-order valence-electron chi connectivity index (χ3n) is 6.72. The minimum atomic E-state index is 0.428. The second kappa shape index (κ2) is 20.3. The van der Waals surface area contributed by atoms with Gasteiger partial charge in [-0.25, -0.2) is 0 Å². The first-order valence-corrected chi connectivity index (χ1v) is 16.1. The lowest BCUT2D eigenvalue weighted by Crippen LogP contribution is -2.11. The van der Waals surface area contributed by atoms with Gasteiger partial charge in [0, 0.05) is 51.5 Å². The van der Waals surface area contributed by atoms with Crippen molar-refractivity contribution in [3.63, 3.8) is 0 Å². The van der Waals surface area contributed by atoms with Crippen LogP contribution < -0.4 is 5.73 Å². The number of aryl methyl sites for hydroxylation is 1. The molecule has 2 unspecified atom stereocenters. The minimum absolute atomic E-state index is 0.428. The second-order valence-corrected chi connectivity index (χ2v) is 10.9. The lowest BCUT2D eigenvalue weighted by Gasteiger charge is -2.11. The predicted octanol–water partition coefficient (Wildman–Crippen LogP) is 9.56. The monoisotopic (exact) mass is 566 g/mol. The van der Waals surface area contributed by atoms with Gasteiger partial charge in [-0.3, -0.25) is 10.1 Å². The molecule has 0 saturated carbocycles. The van der Waals surface area contributed by atoms with Crippen LogP contribution >= 0.6 is 11.8 Å². The topological polar surface area (TPSA) is 76.3 Å². The van der Waals surface area contributed by atoms with Crippen LogP contribution in [-0.2, 0) is 10.5 Å².